The smallest absolute Gasteiger partial charge is 0.410 e. The highest BCUT2D eigenvalue weighted by Gasteiger charge is 2.50. The third kappa shape index (κ3) is 3.48. The van der Waals surface area contributed by atoms with Crippen LogP contribution in [0.25, 0.3) is 0 Å². The molecular weight excluding hydrogens is 320 g/mol. The molecular formula is C19H24N2O4. The monoisotopic (exact) mass is 344 g/mol. The maximum atomic E-state index is 12.6. The average Bonchev–Trinajstić information content (AvgIpc) is 2.52. The minimum Gasteiger partial charge on any atom is -0.444 e. The van der Waals surface area contributed by atoms with E-state index >= 15 is 0 Å². The third-order valence-corrected chi connectivity index (χ3v) is 4.71. The van der Waals surface area contributed by atoms with E-state index in [9.17, 15) is 15.2 Å². The Morgan fingerprint density at radius 2 is 1.92 bits per heavy atom. The molecule has 2 aliphatic heterocycles. The Kier molecular flexibility index (Phi) is 4.48. The van der Waals surface area contributed by atoms with Crippen LogP contribution in [0.2, 0.25) is 0 Å². The molecule has 3 rings (SSSR count). The van der Waals surface area contributed by atoms with Gasteiger partial charge in [-0.05, 0) is 26.8 Å². The molecule has 2 aliphatic rings. The van der Waals surface area contributed by atoms with Crippen LogP contribution in [0.4, 0.5) is 4.79 Å². The molecule has 134 valence electrons. The van der Waals surface area contributed by atoms with Crippen LogP contribution in [0.5, 0.6) is 0 Å². The summed E-state index contributed by atoms with van der Waals surface area (Å²) in [7, 11) is 0. The van der Waals surface area contributed by atoms with Crippen LogP contribution < -0.4 is 0 Å². The molecule has 0 aliphatic carbocycles. The largest absolute Gasteiger partial charge is 0.444 e. The van der Waals surface area contributed by atoms with Gasteiger partial charge in [0, 0.05) is 18.4 Å². The van der Waals surface area contributed by atoms with Crippen molar-refractivity contribution in [2.75, 3.05) is 13.2 Å². The fourth-order valence-corrected chi connectivity index (χ4v) is 3.80. The molecule has 0 aromatic heterocycles. The van der Waals surface area contributed by atoms with E-state index < -0.39 is 11.2 Å². The van der Waals surface area contributed by atoms with Crippen molar-refractivity contribution in [3.63, 3.8) is 0 Å². The number of hydrogen-bond acceptors (Lipinski definition) is 5. The number of rotatable bonds is 1. The molecule has 0 spiro atoms. The summed E-state index contributed by atoms with van der Waals surface area (Å²) in [5, 5.41) is 20.7. The zero-order valence-electron chi connectivity index (χ0n) is 14.9. The molecule has 1 N–H and O–H groups in total. The second-order valence-electron chi connectivity index (χ2n) is 7.83. The highest BCUT2D eigenvalue weighted by atomic mass is 16.6. The van der Waals surface area contributed by atoms with Crippen molar-refractivity contribution in [2.24, 2.45) is 0 Å². The van der Waals surface area contributed by atoms with Gasteiger partial charge in [-0.2, -0.15) is 5.26 Å². The van der Waals surface area contributed by atoms with Gasteiger partial charge in [-0.15, -0.1) is 0 Å². The number of benzene rings is 1. The van der Waals surface area contributed by atoms with Crippen molar-refractivity contribution in [2.45, 2.75) is 56.9 Å². The first-order valence-corrected chi connectivity index (χ1v) is 8.54. The molecule has 2 atom stereocenters. The average molecular weight is 344 g/mol. The predicted molar refractivity (Wildman–Crippen MR) is 90.8 cm³/mol. The van der Waals surface area contributed by atoms with E-state index in [1.807, 2.05) is 26.8 Å². The van der Waals surface area contributed by atoms with E-state index in [0.29, 0.717) is 37.2 Å². The molecule has 1 aromatic rings. The Balaban J connectivity index is 1.89. The number of nitrogens with zero attached hydrogens (tertiary/aromatic N) is 2. The number of nitriles is 1. The lowest BCUT2D eigenvalue weighted by molar-refractivity contribution is -0.141. The topological polar surface area (TPSA) is 82.8 Å². The number of carbonyl (C=O) groups excluding carboxylic acids is 1. The summed E-state index contributed by atoms with van der Waals surface area (Å²) in [4.78, 5) is 14.3. The van der Waals surface area contributed by atoms with Crippen molar-refractivity contribution in [3.8, 4) is 6.07 Å². The number of ether oxygens (including phenoxy) is 2. The van der Waals surface area contributed by atoms with Crippen molar-refractivity contribution in [1.82, 2.24) is 4.90 Å². The Bertz CT molecular complexity index is 690. The number of piperidine rings is 1. The van der Waals surface area contributed by atoms with Crippen molar-refractivity contribution in [3.05, 3.63) is 35.4 Å². The van der Waals surface area contributed by atoms with Gasteiger partial charge < -0.3 is 14.6 Å². The lowest BCUT2D eigenvalue weighted by Crippen LogP contribution is -2.63. The lowest BCUT2D eigenvalue weighted by Gasteiger charge is -2.51. The SMILES string of the molecule is CC(C)(C)OC(=O)N1C2COCC1CC(O)(c1ccccc1C#N)C2. The van der Waals surface area contributed by atoms with Gasteiger partial charge >= 0.3 is 6.09 Å². The molecule has 2 bridgehead atoms. The Labute approximate surface area is 147 Å². The van der Waals surface area contributed by atoms with E-state index in [1.165, 1.54) is 0 Å². The quantitative estimate of drug-likeness (QED) is 0.846. The van der Waals surface area contributed by atoms with Gasteiger partial charge in [-0.3, -0.25) is 4.90 Å². The molecule has 0 radical (unpaired) electrons. The summed E-state index contributed by atoms with van der Waals surface area (Å²) >= 11 is 0. The van der Waals surface area contributed by atoms with Crippen LogP contribution in [0.3, 0.4) is 0 Å². The highest BCUT2D eigenvalue weighted by Crippen LogP contribution is 2.42. The zero-order chi connectivity index (χ0) is 18.2. The van der Waals surface area contributed by atoms with Crippen molar-refractivity contribution in [1.29, 1.82) is 5.26 Å². The van der Waals surface area contributed by atoms with Crippen LogP contribution in [0.15, 0.2) is 24.3 Å². The van der Waals surface area contributed by atoms with Gasteiger partial charge in [0.1, 0.15) is 5.60 Å². The first kappa shape index (κ1) is 17.7. The van der Waals surface area contributed by atoms with Gasteiger partial charge in [0.05, 0.1) is 42.5 Å². The maximum Gasteiger partial charge on any atom is 0.410 e. The van der Waals surface area contributed by atoms with Crippen molar-refractivity contribution < 1.29 is 19.4 Å². The minimum atomic E-state index is -1.15. The fourth-order valence-electron chi connectivity index (χ4n) is 3.80. The van der Waals surface area contributed by atoms with Gasteiger partial charge in [-0.1, -0.05) is 18.2 Å². The van der Waals surface area contributed by atoms with Crippen molar-refractivity contribution >= 4 is 6.09 Å². The lowest BCUT2D eigenvalue weighted by atomic mass is 9.75. The van der Waals surface area contributed by atoms with Gasteiger partial charge in [0.25, 0.3) is 0 Å². The highest BCUT2D eigenvalue weighted by molar-refractivity contribution is 5.69. The van der Waals surface area contributed by atoms with Gasteiger partial charge in [0.2, 0.25) is 0 Å². The molecule has 25 heavy (non-hydrogen) atoms. The molecule has 6 heteroatoms. The molecule has 2 unspecified atom stereocenters. The number of amides is 1. The van der Waals surface area contributed by atoms with E-state index in [-0.39, 0.29) is 18.2 Å². The second-order valence-corrected chi connectivity index (χ2v) is 7.83. The van der Waals surface area contributed by atoms with Crippen LogP contribution >= 0.6 is 0 Å². The van der Waals surface area contributed by atoms with Gasteiger partial charge in [0.15, 0.2) is 0 Å². The van der Waals surface area contributed by atoms with Crippen LogP contribution in [-0.2, 0) is 15.1 Å². The first-order valence-electron chi connectivity index (χ1n) is 8.54. The van der Waals surface area contributed by atoms with E-state index in [4.69, 9.17) is 9.47 Å². The standard InChI is InChI=1S/C19H24N2O4/c1-18(2,3)25-17(22)21-14-8-19(23,9-15(21)12-24-11-14)16-7-5-4-6-13(16)10-20/h4-7,14-15,23H,8-9,11-12H2,1-3H3. The Hall–Kier alpha value is -2.10. The van der Waals surface area contributed by atoms with E-state index in [0.717, 1.165) is 0 Å². The third-order valence-electron chi connectivity index (χ3n) is 4.71. The predicted octanol–water partition coefficient (Wildman–Crippen LogP) is 2.54. The minimum absolute atomic E-state index is 0.279. The summed E-state index contributed by atoms with van der Waals surface area (Å²) < 4.78 is 11.1. The Morgan fingerprint density at radius 1 is 1.32 bits per heavy atom. The fraction of sp³-hybridized carbons (Fsp3) is 0.579. The Morgan fingerprint density at radius 3 is 2.48 bits per heavy atom. The number of morpholine rings is 1. The van der Waals surface area contributed by atoms with Gasteiger partial charge in [-0.25, -0.2) is 4.79 Å². The molecule has 0 saturated carbocycles. The number of hydrogen-bond donors (Lipinski definition) is 1. The van der Waals surface area contributed by atoms with Crippen LogP contribution in [0, 0.1) is 11.3 Å². The summed E-state index contributed by atoms with van der Waals surface area (Å²) in [5.74, 6) is 0. The van der Waals surface area contributed by atoms with E-state index in [2.05, 4.69) is 6.07 Å². The number of carbonyl (C=O) groups is 1. The number of fused-ring (bicyclic) bond motifs is 2. The molecule has 1 aromatic carbocycles. The zero-order valence-corrected chi connectivity index (χ0v) is 14.9. The maximum absolute atomic E-state index is 12.6. The summed E-state index contributed by atoms with van der Waals surface area (Å²) in [5.41, 5.74) is -0.634. The summed E-state index contributed by atoms with van der Waals surface area (Å²) in [6, 6.07) is 8.70. The molecule has 6 nitrogen and oxygen atoms in total. The molecule has 2 fully saturated rings. The summed E-state index contributed by atoms with van der Waals surface area (Å²) in [6.07, 6.45) is 0.268. The summed E-state index contributed by atoms with van der Waals surface area (Å²) in [6.45, 7) is 6.21. The number of aliphatic hydroxyl groups is 1. The van der Waals surface area contributed by atoms with E-state index in [1.54, 1.807) is 23.1 Å². The molecule has 1 amide bonds. The molecule has 2 saturated heterocycles. The molecule has 2 heterocycles. The normalized spacial score (nSPS) is 29.0. The second kappa shape index (κ2) is 6.32. The van der Waals surface area contributed by atoms with Crippen LogP contribution in [0.1, 0.15) is 44.7 Å². The first-order chi connectivity index (χ1) is 11.7. The van der Waals surface area contributed by atoms with Crippen LogP contribution in [-0.4, -0.2) is 47.0 Å².